The lowest BCUT2D eigenvalue weighted by Crippen LogP contribution is -2.40. The Morgan fingerprint density at radius 1 is 1.32 bits per heavy atom. The van der Waals surface area contributed by atoms with Crippen molar-refractivity contribution in [2.75, 3.05) is 18.4 Å². The maximum Gasteiger partial charge on any atom is 0.245 e. The van der Waals surface area contributed by atoms with Crippen LogP contribution in [-0.4, -0.2) is 34.8 Å². The summed E-state index contributed by atoms with van der Waals surface area (Å²) in [5, 5.41) is 5.11. The topological polar surface area (TPSA) is 62.3 Å². The average molecular weight is 325 g/mol. The van der Waals surface area contributed by atoms with Crippen LogP contribution >= 0.6 is 11.3 Å². The van der Waals surface area contributed by atoms with Gasteiger partial charge in [-0.1, -0.05) is 40.5 Å². The minimum Gasteiger partial charge on any atom is -0.333 e. The molecule has 1 rings (SSSR count). The van der Waals surface area contributed by atoms with Crippen LogP contribution in [-0.2, 0) is 9.59 Å². The molecule has 5 nitrogen and oxygen atoms in total. The van der Waals surface area contributed by atoms with Crippen molar-refractivity contribution in [3.63, 3.8) is 0 Å². The van der Waals surface area contributed by atoms with Crippen LogP contribution in [0.1, 0.15) is 53.4 Å². The van der Waals surface area contributed by atoms with Crippen LogP contribution in [0.5, 0.6) is 0 Å². The Hall–Kier alpha value is -1.43. The molecule has 0 unspecified atom stereocenters. The lowest BCUT2D eigenvalue weighted by molar-refractivity contribution is -0.136. The molecule has 0 spiro atoms. The number of unbranched alkanes of at least 4 members (excludes halogenated alkanes) is 2. The minimum atomic E-state index is -0.186. The number of carbonyl (C=O) groups is 2. The molecule has 0 bridgehead atoms. The Morgan fingerprint density at radius 2 is 2.05 bits per heavy atom. The second-order valence-electron chi connectivity index (χ2n) is 6.65. The molecule has 6 heteroatoms. The highest BCUT2D eigenvalue weighted by Gasteiger charge is 2.22. The lowest BCUT2D eigenvalue weighted by Gasteiger charge is -2.26. The van der Waals surface area contributed by atoms with Gasteiger partial charge in [-0.15, -0.1) is 11.3 Å². The van der Waals surface area contributed by atoms with Gasteiger partial charge in [-0.25, -0.2) is 4.98 Å². The molecule has 1 N–H and O–H groups in total. The molecule has 0 radical (unpaired) electrons. The van der Waals surface area contributed by atoms with Gasteiger partial charge in [0.1, 0.15) is 0 Å². The van der Waals surface area contributed by atoms with Crippen molar-refractivity contribution in [1.29, 1.82) is 0 Å². The Morgan fingerprint density at radius 3 is 2.59 bits per heavy atom. The minimum absolute atomic E-state index is 0.0397. The first-order chi connectivity index (χ1) is 10.3. The van der Waals surface area contributed by atoms with Gasteiger partial charge in [0.2, 0.25) is 11.8 Å². The molecule has 0 saturated carbocycles. The third-order valence-corrected chi connectivity index (χ3v) is 3.77. The molecule has 0 fully saturated rings. The number of nitrogens with zero attached hydrogens (tertiary/aromatic N) is 2. The number of aromatic nitrogens is 1. The summed E-state index contributed by atoms with van der Waals surface area (Å²) in [5.41, 5.74) is -0.0775. The van der Waals surface area contributed by atoms with Gasteiger partial charge < -0.3 is 10.2 Å². The summed E-state index contributed by atoms with van der Waals surface area (Å²) >= 11 is 1.37. The number of amides is 2. The summed E-state index contributed by atoms with van der Waals surface area (Å²) in [4.78, 5) is 30.2. The van der Waals surface area contributed by atoms with Crippen LogP contribution in [0.15, 0.2) is 11.6 Å². The maximum atomic E-state index is 12.4. The molecule has 1 aromatic rings. The smallest absolute Gasteiger partial charge is 0.245 e. The van der Waals surface area contributed by atoms with E-state index in [4.69, 9.17) is 0 Å². The zero-order valence-corrected chi connectivity index (χ0v) is 14.8. The molecular formula is C16H27N3O2S. The van der Waals surface area contributed by atoms with Crippen molar-refractivity contribution >= 4 is 28.3 Å². The van der Waals surface area contributed by atoms with E-state index in [2.05, 4.69) is 17.2 Å². The van der Waals surface area contributed by atoms with Gasteiger partial charge in [-0.05, 0) is 11.8 Å². The van der Waals surface area contributed by atoms with Gasteiger partial charge in [0, 0.05) is 24.5 Å². The molecule has 124 valence electrons. The van der Waals surface area contributed by atoms with Gasteiger partial charge in [-0.2, -0.15) is 0 Å². The van der Waals surface area contributed by atoms with Crippen LogP contribution in [0, 0.1) is 5.41 Å². The molecule has 0 aliphatic carbocycles. The van der Waals surface area contributed by atoms with Crippen molar-refractivity contribution in [2.45, 2.75) is 53.4 Å². The van der Waals surface area contributed by atoms with Crippen LogP contribution in [0.4, 0.5) is 5.13 Å². The number of thiazole rings is 1. The summed E-state index contributed by atoms with van der Waals surface area (Å²) in [6, 6.07) is 0. The third-order valence-electron chi connectivity index (χ3n) is 3.08. The second-order valence-corrected chi connectivity index (χ2v) is 7.54. The molecule has 1 heterocycles. The van der Waals surface area contributed by atoms with Crippen LogP contribution in [0.2, 0.25) is 0 Å². The van der Waals surface area contributed by atoms with E-state index in [0.717, 1.165) is 19.3 Å². The van der Waals surface area contributed by atoms with Crippen molar-refractivity contribution < 1.29 is 9.59 Å². The molecule has 0 aromatic carbocycles. The van der Waals surface area contributed by atoms with E-state index in [0.29, 0.717) is 18.1 Å². The number of hydrogen-bond acceptors (Lipinski definition) is 4. The molecule has 0 aliphatic heterocycles. The van der Waals surface area contributed by atoms with Gasteiger partial charge in [0.25, 0.3) is 0 Å². The van der Waals surface area contributed by atoms with Crippen molar-refractivity contribution in [2.24, 2.45) is 5.41 Å². The fourth-order valence-electron chi connectivity index (χ4n) is 2.03. The Balaban J connectivity index is 2.59. The fraction of sp³-hybridized carbons (Fsp3) is 0.688. The summed E-state index contributed by atoms with van der Waals surface area (Å²) < 4.78 is 0. The number of carbonyl (C=O) groups excluding carboxylic acids is 2. The lowest BCUT2D eigenvalue weighted by atomic mass is 9.91. The van der Waals surface area contributed by atoms with Gasteiger partial charge in [0.15, 0.2) is 5.13 Å². The average Bonchev–Trinajstić information content (AvgIpc) is 2.88. The highest BCUT2D eigenvalue weighted by Crippen LogP contribution is 2.20. The van der Waals surface area contributed by atoms with Crippen LogP contribution < -0.4 is 5.32 Å². The second kappa shape index (κ2) is 8.88. The molecule has 0 saturated heterocycles. The SMILES string of the molecule is CCCCCN(CC(=O)Nc1nccs1)C(=O)CC(C)(C)C. The first-order valence-electron chi connectivity index (χ1n) is 7.79. The molecule has 0 atom stereocenters. The molecule has 0 aliphatic rings. The summed E-state index contributed by atoms with van der Waals surface area (Å²) in [5.74, 6) is -0.147. The Labute approximate surface area is 137 Å². The van der Waals surface area contributed by atoms with E-state index < -0.39 is 0 Å². The number of nitrogens with one attached hydrogen (secondary N) is 1. The normalized spacial score (nSPS) is 11.3. The highest BCUT2D eigenvalue weighted by molar-refractivity contribution is 7.13. The predicted octanol–water partition coefficient (Wildman–Crippen LogP) is 3.54. The number of anilines is 1. The van der Waals surface area contributed by atoms with E-state index in [1.807, 2.05) is 20.8 Å². The first-order valence-corrected chi connectivity index (χ1v) is 8.67. The standard InChI is InChI=1S/C16H27N3O2S/c1-5-6-7-9-19(14(21)11-16(2,3)4)12-13(20)18-15-17-8-10-22-15/h8,10H,5-7,9,11-12H2,1-4H3,(H,17,18,20). The molecular weight excluding hydrogens is 298 g/mol. The fourth-order valence-corrected chi connectivity index (χ4v) is 2.57. The monoisotopic (exact) mass is 325 g/mol. The van der Waals surface area contributed by atoms with Crippen LogP contribution in [0.3, 0.4) is 0 Å². The van der Waals surface area contributed by atoms with Gasteiger partial charge in [-0.3, -0.25) is 9.59 Å². The predicted molar refractivity (Wildman–Crippen MR) is 90.9 cm³/mol. The quantitative estimate of drug-likeness (QED) is 0.744. The van der Waals surface area contributed by atoms with E-state index in [9.17, 15) is 9.59 Å². The van der Waals surface area contributed by atoms with Crippen molar-refractivity contribution in [3.05, 3.63) is 11.6 Å². The van der Waals surface area contributed by atoms with Crippen molar-refractivity contribution in [1.82, 2.24) is 9.88 Å². The van der Waals surface area contributed by atoms with Gasteiger partial charge in [0.05, 0.1) is 6.54 Å². The highest BCUT2D eigenvalue weighted by atomic mass is 32.1. The number of rotatable bonds is 8. The largest absolute Gasteiger partial charge is 0.333 e. The third kappa shape index (κ3) is 7.54. The summed E-state index contributed by atoms with van der Waals surface area (Å²) in [6.07, 6.45) is 5.17. The van der Waals surface area contributed by atoms with E-state index in [1.165, 1.54) is 11.3 Å². The van der Waals surface area contributed by atoms with E-state index in [-0.39, 0.29) is 23.8 Å². The van der Waals surface area contributed by atoms with Crippen LogP contribution in [0.25, 0.3) is 0 Å². The van der Waals surface area contributed by atoms with E-state index in [1.54, 1.807) is 16.5 Å². The Kier molecular flexibility index (Phi) is 7.51. The summed E-state index contributed by atoms with van der Waals surface area (Å²) in [6.45, 7) is 8.95. The summed E-state index contributed by atoms with van der Waals surface area (Å²) in [7, 11) is 0. The maximum absolute atomic E-state index is 12.4. The van der Waals surface area contributed by atoms with Gasteiger partial charge >= 0.3 is 0 Å². The van der Waals surface area contributed by atoms with E-state index >= 15 is 0 Å². The zero-order chi connectivity index (χ0) is 16.6. The van der Waals surface area contributed by atoms with Crippen molar-refractivity contribution in [3.8, 4) is 0 Å². The Bertz CT molecular complexity index is 466. The first kappa shape index (κ1) is 18.6. The molecule has 1 aromatic heterocycles. The molecule has 2 amide bonds. The molecule has 22 heavy (non-hydrogen) atoms. The zero-order valence-electron chi connectivity index (χ0n) is 14.0. The number of hydrogen-bond donors (Lipinski definition) is 1.